The molecule has 0 atom stereocenters. The Balaban J connectivity index is 0. The van der Waals surface area contributed by atoms with Gasteiger partial charge in [-0.25, -0.2) is 4.79 Å². The standard InChI is InChI=1S/C4H11N.C3H6O3/c1-4(2,3)5;1-6-2-3(4)5/h5H2,1-3H3;2H2,1H3,(H,4,5). The van der Waals surface area contributed by atoms with Crippen molar-refractivity contribution in [1.82, 2.24) is 0 Å². The number of rotatable bonds is 2. The molecule has 0 fully saturated rings. The fourth-order valence-corrected chi connectivity index (χ4v) is 0.123. The van der Waals surface area contributed by atoms with E-state index in [0.717, 1.165) is 0 Å². The summed E-state index contributed by atoms with van der Waals surface area (Å²) in [7, 11) is 1.34. The average molecular weight is 163 g/mol. The van der Waals surface area contributed by atoms with Gasteiger partial charge in [-0.1, -0.05) is 0 Å². The quantitative estimate of drug-likeness (QED) is 0.620. The summed E-state index contributed by atoms with van der Waals surface area (Å²) in [5, 5.41) is 7.79. The molecule has 0 aromatic heterocycles. The lowest BCUT2D eigenvalue weighted by Crippen LogP contribution is -2.26. The van der Waals surface area contributed by atoms with E-state index < -0.39 is 5.97 Å². The Morgan fingerprint density at radius 2 is 1.82 bits per heavy atom. The highest BCUT2D eigenvalue weighted by atomic mass is 16.5. The molecule has 0 aromatic carbocycles. The molecule has 0 aliphatic rings. The maximum Gasteiger partial charge on any atom is 0.329 e. The van der Waals surface area contributed by atoms with Gasteiger partial charge >= 0.3 is 5.97 Å². The Labute approximate surface area is 67.3 Å². The summed E-state index contributed by atoms with van der Waals surface area (Å²) in [6, 6.07) is 0. The first-order valence-electron chi connectivity index (χ1n) is 3.27. The summed E-state index contributed by atoms with van der Waals surface area (Å²) in [4.78, 5) is 9.47. The first kappa shape index (κ1) is 13.0. The SMILES string of the molecule is CC(C)(C)N.COCC(=O)O. The van der Waals surface area contributed by atoms with Gasteiger partial charge < -0.3 is 15.6 Å². The van der Waals surface area contributed by atoms with Gasteiger partial charge in [-0.2, -0.15) is 0 Å². The summed E-state index contributed by atoms with van der Waals surface area (Å²) in [5.74, 6) is -0.933. The van der Waals surface area contributed by atoms with Gasteiger partial charge in [-0.05, 0) is 20.8 Å². The van der Waals surface area contributed by atoms with Crippen LogP contribution in [-0.4, -0.2) is 30.3 Å². The largest absolute Gasteiger partial charge is 0.480 e. The molecule has 0 bridgehead atoms. The van der Waals surface area contributed by atoms with Crippen molar-refractivity contribution in [3.63, 3.8) is 0 Å². The summed E-state index contributed by atoms with van der Waals surface area (Å²) in [6.45, 7) is 5.69. The first-order valence-corrected chi connectivity index (χ1v) is 3.27. The van der Waals surface area contributed by atoms with Crippen molar-refractivity contribution in [2.75, 3.05) is 13.7 Å². The minimum absolute atomic E-state index is 0. The van der Waals surface area contributed by atoms with E-state index in [-0.39, 0.29) is 12.1 Å². The van der Waals surface area contributed by atoms with Crippen LogP contribution in [0.4, 0.5) is 0 Å². The molecule has 4 nitrogen and oxygen atoms in total. The molecular weight excluding hydrogens is 146 g/mol. The van der Waals surface area contributed by atoms with Gasteiger partial charge in [0.15, 0.2) is 0 Å². The van der Waals surface area contributed by atoms with Crippen molar-refractivity contribution in [2.45, 2.75) is 26.3 Å². The zero-order valence-electron chi connectivity index (χ0n) is 7.55. The third-order valence-corrected chi connectivity index (χ3v) is 0.268. The maximum atomic E-state index is 9.47. The summed E-state index contributed by atoms with van der Waals surface area (Å²) >= 11 is 0. The minimum atomic E-state index is -0.933. The van der Waals surface area contributed by atoms with Crippen molar-refractivity contribution in [2.24, 2.45) is 5.73 Å². The van der Waals surface area contributed by atoms with Gasteiger partial charge in [-0.15, -0.1) is 0 Å². The van der Waals surface area contributed by atoms with Crippen LogP contribution in [0, 0.1) is 0 Å². The number of nitrogens with two attached hydrogens (primary N) is 1. The normalized spacial score (nSPS) is 9.91. The van der Waals surface area contributed by atoms with Crippen LogP contribution in [0.2, 0.25) is 0 Å². The second-order valence-corrected chi connectivity index (χ2v) is 3.19. The van der Waals surface area contributed by atoms with Crippen molar-refractivity contribution >= 4 is 5.97 Å². The Morgan fingerprint density at radius 1 is 1.55 bits per heavy atom. The van der Waals surface area contributed by atoms with Gasteiger partial charge in [0.1, 0.15) is 6.61 Å². The van der Waals surface area contributed by atoms with Gasteiger partial charge in [0.25, 0.3) is 0 Å². The monoisotopic (exact) mass is 163 g/mol. The third kappa shape index (κ3) is 89.8. The van der Waals surface area contributed by atoms with Crippen LogP contribution in [-0.2, 0) is 9.53 Å². The average Bonchev–Trinajstić information content (AvgIpc) is 1.58. The van der Waals surface area contributed by atoms with Crippen LogP contribution in [0.5, 0.6) is 0 Å². The van der Waals surface area contributed by atoms with Crippen LogP contribution < -0.4 is 5.73 Å². The van der Waals surface area contributed by atoms with Gasteiger partial charge in [0.05, 0.1) is 0 Å². The van der Waals surface area contributed by atoms with E-state index >= 15 is 0 Å². The second kappa shape index (κ2) is 6.12. The lowest BCUT2D eigenvalue weighted by molar-refractivity contribution is -0.141. The van der Waals surface area contributed by atoms with Crippen LogP contribution in [0.3, 0.4) is 0 Å². The number of carboxylic acid groups (broad SMARTS) is 1. The highest BCUT2D eigenvalue weighted by Gasteiger charge is 1.95. The minimum Gasteiger partial charge on any atom is -0.480 e. The lowest BCUT2D eigenvalue weighted by Gasteiger charge is -2.06. The van der Waals surface area contributed by atoms with Crippen molar-refractivity contribution in [3.8, 4) is 0 Å². The molecule has 0 spiro atoms. The van der Waals surface area contributed by atoms with Crippen LogP contribution in [0.1, 0.15) is 20.8 Å². The van der Waals surface area contributed by atoms with E-state index in [1.165, 1.54) is 7.11 Å². The maximum absolute atomic E-state index is 9.47. The first-order chi connectivity index (χ1) is 4.77. The summed E-state index contributed by atoms with van der Waals surface area (Å²) in [6.07, 6.45) is 0. The highest BCUT2D eigenvalue weighted by Crippen LogP contribution is 1.88. The summed E-state index contributed by atoms with van der Waals surface area (Å²) in [5.41, 5.74) is 5.35. The molecule has 0 unspecified atom stereocenters. The number of carbonyl (C=O) groups is 1. The van der Waals surface area contributed by atoms with E-state index in [1.54, 1.807) is 0 Å². The molecule has 3 N–H and O–H groups in total. The lowest BCUT2D eigenvalue weighted by atomic mass is 10.1. The predicted octanol–water partition coefficient (Wildman–Crippen LogP) is 0.461. The Kier molecular flexibility index (Phi) is 7.24. The molecule has 0 rings (SSSR count). The summed E-state index contributed by atoms with van der Waals surface area (Å²) < 4.78 is 4.20. The number of methoxy groups -OCH3 is 1. The van der Waals surface area contributed by atoms with E-state index in [1.807, 2.05) is 20.8 Å². The topological polar surface area (TPSA) is 72.5 Å². The Morgan fingerprint density at radius 3 is 1.82 bits per heavy atom. The van der Waals surface area contributed by atoms with Gasteiger partial charge in [-0.3, -0.25) is 0 Å². The second-order valence-electron chi connectivity index (χ2n) is 3.19. The molecule has 0 amide bonds. The predicted molar refractivity (Wildman–Crippen MR) is 43.5 cm³/mol. The molecule has 0 aliphatic carbocycles. The van der Waals surface area contributed by atoms with Crippen molar-refractivity contribution in [1.29, 1.82) is 0 Å². The third-order valence-electron chi connectivity index (χ3n) is 0.268. The van der Waals surface area contributed by atoms with E-state index in [2.05, 4.69) is 4.74 Å². The van der Waals surface area contributed by atoms with E-state index in [4.69, 9.17) is 10.8 Å². The molecular formula is C7H17NO3. The number of hydrogen-bond donors (Lipinski definition) is 2. The van der Waals surface area contributed by atoms with Crippen molar-refractivity contribution < 1.29 is 14.6 Å². The number of ether oxygens (including phenoxy) is 1. The van der Waals surface area contributed by atoms with Crippen LogP contribution >= 0.6 is 0 Å². The fraction of sp³-hybridized carbons (Fsp3) is 0.857. The number of hydrogen-bond acceptors (Lipinski definition) is 3. The molecule has 0 aliphatic heterocycles. The fourth-order valence-electron chi connectivity index (χ4n) is 0.123. The molecule has 0 saturated heterocycles. The Hall–Kier alpha value is -0.610. The molecule has 0 aromatic rings. The zero-order valence-corrected chi connectivity index (χ0v) is 7.55. The molecule has 68 valence electrons. The van der Waals surface area contributed by atoms with Crippen molar-refractivity contribution in [3.05, 3.63) is 0 Å². The van der Waals surface area contributed by atoms with E-state index in [9.17, 15) is 4.79 Å². The van der Waals surface area contributed by atoms with Gasteiger partial charge in [0.2, 0.25) is 0 Å². The molecule has 11 heavy (non-hydrogen) atoms. The highest BCUT2D eigenvalue weighted by molar-refractivity contribution is 5.67. The smallest absolute Gasteiger partial charge is 0.329 e. The zero-order chi connectivity index (χ0) is 9.49. The van der Waals surface area contributed by atoms with E-state index in [0.29, 0.717) is 0 Å². The van der Waals surface area contributed by atoms with Crippen LogP contribution in [0.25, 0.3) is 0 Å². The number of aliphatic carboxylic acids is 1. The van der Waals surface area contributed by atoms with Crippen LogP contribution in [0.15, 0.2) is 0 Å². The molecule has 0 heterocycles. The molecule has 0 radical (unpaired) electrons. The molecule has 4 heteroatoms. The van der Waals surface area contributed by atoms with Gasteiger partial charge in [0, 0.05) is 12.6 Å². The molecule has 0 saturated carbocycles. The number of carboxylic acids is 1. The Bertz CT molecular complexity index is 101.